The molecule has 0 aliphatic rings. The molecule has 2 aromatic heterocycles. The molecule has 0 bridgehead atoms. The van der Waals surface area contributed by atoms with E-state index in [9.17, 15) is 8.78 Å². The molecule has 0 unspecified atom stereocenters. The normalized spacial score (nSPS) is 10.4. The standard InChI is InChI=1S/C15H11F2N7OS/c1-25-15(26)19-5-10-7-24(22-21-10)11-2-12(16)14(13(17)3-11)23-6-9(4-18)20-8-23/h2-3,6-8H,5H2,1H3,(H,19,26). The number of imidazole rings is 1. The van der Waals surface area contributed by atoms with Gasteiger partial charge in [-0.15, -0.1) is 5.10 Å². The topological polar surface area (TPSA) is 93.6 Å². The number of hydrogen-bond acceptors (Lipinski definition) is 6. The lowest BCUT2D eigenvalue weighted by Gasteiger charge is -2.08. The summed E-state index contributed by atoms with van der Waals surface area (Å²) in [6, 6.07) is 4.01. The summed E-state index contributed by atoms with van der Waals surface area (Å²) in [5.74, 6) is -1.67. The Kier molecular flexibility index (Phi) is 4.85. The first-order valence-electron chi connectivity index (χ1n) is 7.18. The summed E-state index contributed by atoms with van der Waals surface area (Å²) in [5, 5.41) is 19.5. The summed E-state index contributed by atoms with van der Waals surface area (Å²) >= 11 is 4.85. The highest BCUT2D eigenvalue weighted by Gasteiger charge is 2.16. The highest BCUT2D eigenvalue weighted by atomic mass is 32.1. The molecule has 3 rings (SSSR count). The van der Waals surface area contributed by atoms with Gasteiger partial charge in [-0.2, -0.15) is 5.26 Å². The number of methoxy groups -OCH3 is 1. The van der Waals surface area contributed by atoms with E-state index >= 15 is 0 Å². The maximum Gasteiger partial charge on any atom is 0.256 e. The Balaban J connectivity index is 1.87. The van der Waals surface area contributed by atoms with Crippen LogP contribution < -0.4 is 5.32 Å². The van der Waals surface area contributed by atoms with Crippen molar-refractivity contribution in [3.63, 3.8) is 0 Å². The lowest BCUT2D eigenvalue weighted by Crippen LogP contribution is -2.22. The Morgan fingerprint density at radius 3 is 2.69 bits per heavy atom. The summed E-state index contributed by atoms with van der Waals surface area (Å²) in [5.41, 5.74) is 0.366. The molecule has 0 saturated carbocycles. The number of rotatable bonds is 4. The van der Waals surface area contributed by atoms with Crippen molar-refractivity contribution in [2.75, 3.05) is 7.11 Å². The zero-order valence-electron chi connectivity index (χ0n) is 13.3. The Labute approximate surface area is 151 Å². The van der Waals surface area contributed by atoms with Crippen LogP contribution in [0.2, 0.25) is 0 Å². The van der Waals surface area contributed by atoms with Gasteiger partial charge in [0.25, 0.3) is 5.17 Å². The fourth-order valence-electron chi connectivity index (χ4n) is 2.17. The molecule has 3 aromatic rings. The van der Waals surface area contributed by atoms with Crippen LogP contribution in [0.1, 0.15) is 11.4 Å². The van der Waals surface area contributed by atoms with E-state index in [4.69, 9.17) is 22.2 Å². The van der Waals surface area contributed by atoms with Gasteiger partial charge >= 0.3 is 0 Å². The monoisotopic (exact) mass is 375 g/mol. The van der Waals surface area contributed by atoms with E-state index in [0.717, 1.165) is 23.0 Å². The van der Waals surface area contributed by atoms with Gasteiger partial charge in [-0.25, -0.2) is 18.4 Å². The fraction of sp³-hybridized carbons (Fsp3) is 0.133. The molecule has 2 heterocycles. The van der Waals surface area contributed by atoms with E-state index in [1.807, 2.05) is 0 Å². The van der Waals surface area contributed by atoms with Gasteiger partial charge in [-0.3, -0.25) is 4.57 Å². The Bertz CT molecular complexity index is 985. The highest BCUT2D eigenvalue weighted by molar-refractivity contribution is 7.80. The van der Waals surface area contributed by atoms with Crippen molar-refractivity contribution in [1.29, 1.82) is 5.26 Å². The molecule has 1 aromatic carbocycles. The van der Waals surface area contributed by atoms with E-state index < -0.39 is 11.6 Å². The molecule has 0 amide bonds. The van der Waals surface area contributed by atoms with Crippen molar-refractivity contribution in [3.05, 3.63) is 53.9 Å². The van der Waals surface area contributed by atoms with Crippen molar-refractivity contribution in [2.24, 2.45) is 0 Å². The molecule has 0 spiro atoms. The average Bonchev–Trinajstić information content (AvgIpc) is 3.28. The lowest BCUT2D eigenvalue weighted by molar-refractivity contribution is 0.392. The quantitative estimate of drug-likeness (QED) is 0.693. The van der Waals surface area contributed by atoms with E-state index in [0.29, 0.717) is 5.69 Å². The third-order valence-electron chi connectivity index (χ3n) is 3.36. The van der Waals surface area contributed by atoms with Crippen LogP contribution in [0, 0.1) is 23.0 Å². The third-order valence-corrected chi connectivity index (χ3v) is 3.67. The number of benzene rings is 1. The summed E-state index contributed by atoms with van der Waals surface area (Å²) in [7, 11) is 1.43. The molecule has 0 radical (unpaired) electrons. The second-order valence-corrected chi connectivity index (χ2v) is 5.41. The lowest BCUT2D eigenvalue weighted by atomic mass is 10.2. The Morgan fingerprint density at radius 1 is 1.35 bits per heavy atom. The Hall–Kier alpha value is -3.39. The molecule has 0 saturated heterocycles. The minimum atomic E-state index is -0.836. The van der Waals surface area contributed by atoms with Gasteiger partial charge < -0.3 is 10.1 Å². The van der Waals surface area contributed by atoms with Crippen molar-refractivity contribution < 1.29 is 13.5 Å². The van der Waals surface area contributed by atoms with E-state index in [1.54, 1.807) is 6.07 Å². The highest BCUT2D eigenvalue weighted by Crippen LogP contribution is 2.22. The number of nitrogens with one attached hydrogen (secondary N) is 1. The third kappa shape index (κ3) is 3.50. The minimum absolute atomic E-state index is 0.0512. The van der Waals surface area contributed by atoms with E-state index in [2.05, 4.69) is 20.6 Å². The van der Waals surface area contributed by atoms with Crippen molar-refractivity contribution in [1.82, 2.24) is 29.9 Å². The molecule has 1 N–H and O–H groups in total. The number of ether oxygens (including phenoxy) is 1. The fourth-order valence-corrected chi connectivity index (χ4v) is 2.25. The van der Waals surface area contributed by atoms with Crippen molar-refractivity contribution >= 4 is 17.4 Å². The Morgan fingerprint density at radius 2 is 2.08 bits per heavy atom. The summed E-state index contributed by atoms with van der Waals surface area (Å²) in [6.07, 6.45) is 3.90. The second-order valence-electron chi connectivity index (χ2n) is 5.04. The van der Waals surface area contributed by atoms with Crippen LogP contribution >= 0.6 is 12.2 Å². The molecule has 0 fully saturated rings. The average molecular weight is 375 g/mol. The zero-order chi connectivity index (χ0) is 18.7. The first kappa shape index (κ1) is 17.4. The maximum absolute atomic E-state index is 14.4. The first-order valence-corrected chi connectivity index (χ1v) is 7.59. The number of thiocarbonyl (C=S) groups is 1. The van der Waals surface area contributed by atoms with Gasteiger partial charge in [0.1, 0.15) is 23.8 Å². The molecule has 8 nitrogen and oxygen atoms in total. The predicted molar refractivity (Wildman–Crippen MR) is 89.6 cm³/mol. The minimum Gasteiger partial charge on any atom is -0.474 e. The molecule has 132 valence electrons. The number of aromatic nitrogens is 5. The summed E-state index contributed by atoms with van der Waals surface area (Å²) < 4.78 is 36.0. The van der Waals surface area contributed by atoms with Gasteiger partial charge in [0.2, 0.25) is 0 Å². The van der Waals surface area contributed by atoms with Crippen LogP contribution in [-0.2, 0) is 11.3 Å². The van der Waals surface area contributed by atoms with Crippen LogP contribution in [0.5, 0.6) is 0 Å². The molecule has 0 atom stereocenters. The number of halogens is 2. The molecule has 0 aliphatic carbocycles. The number of nitriles is 1. The molecular weight excluding hydrogens is 364 g/mol. The molecule has 26 heavy (non-hydrogen) atoms. The van der Waals surface area contributed by atoms with Gasteiger partial charge in [-0.05, 0) is 12.2 Å². The van der Waals surface area contributed by atoms with Crippen LogP contribution in [-0.4, -0.2) is 36.8 Å². The largest absolute Gasteiger partial charge is 0.474 e. The second kappa shape index (κ2) is 7.24. The van der Waals surface area contributed by atoms with Crippen LogP contribution in [0.3, 0.4) is 0 Å². The van der Waals surface area contributed by atoms with E-state index in [-0.39, 0.29) is 28.8 Å². The van der Waals surface area contributed by atoms with E-state index in [1.165, 1.54) is 24.2 Å². The zero-order valence-corrected chi connectivity index (χ0v) is 14.2. The first-order chi connectivity index (χ1) is 12.5. The maximum atomic E-state index is 14.4. The van der Waals surface area contributed by atoms with Gasteiger partial charge in [-0.1, -0.05) is 5.21 Å². The predicted octanol–water partition coefficient (Wildman–Crippen LogP) is 1.62. The van der Waals surface area contributed by atoms with Gasteiger partial charge in [0, 0.05) is 18.3 Å². The van der Waals surface area contributed by atoms with Gasteiger partial charge in [0.15, 0.2) is 17.3 Å². The smallest absolute Gasteiger partial charge is 0.256 e. The molecular formula is C15H11F2N7OS. The van der Waals surface area contributed by atoms with Crippen molar-refractivity contribution in [2.45, 2.75) is 6.54 Å². The van der Waals surface area contributed by atoms with Crippen LogP contribution in [0.25, 0.3) is 11.4 Å². The summed E-state index contributed by atoms with van der Waals surface area (Å²) in [4.78, 5) is 3.73. The van der Waals surface area contributed by atoms with Crippen LogP contribution in [0.15, 0.2) is 30.9 Å². The van der Waals surface area contributed by atoms with Crippen molar-refractivity contribution in [3.8, 4) is 17.4 Å². The number of hydrogen-bond donors (Lipinski definition) is 1. The summed E-state index contributed by atoms with van der Waals surface area (Å²) in [6.45, 7) is 0.252. The van der Waals surface area contributed by atoms with Crippen LogP contribution in [0.4, 0.5) is 8.78 Å². The number of nitrogens with zero attached hydrogens (tertiary/aromatic N) is 6. The molecule has 11 heteroatoms. The van der Waals surface area contributed by atoms with Gasteiger partial charge in [0.05, 0.1) is 25.5 Å². The SMILES string of the molecule is COC(=S)NCc1cn(-c2cc(F)c(-n3cnc(C#N)c3)c(F)c2)nn1. The molecule has 0 aliphatic heterocycles.